The van der Waals surface area contributed by atoms with Crippen molar-refractivity contribution in [3.8, 4) is 0 Å². The first-order valence-corrected chi connectivity index (χ1v) is 3.47. The van der Waals surface area contributed by atoms with Crippen LogP contribution in [0.25, 0.3) is 0 Å². The van der Waals surface area contributed by atoms with E-state index in [1.165, 1.54) is 12.1 Å². The average molecular weight is 167 g/mol. The van der Waals surface area contributed by atoms with Crippen LogP contribution in [0.1, 0.15) is 22.1 Å². The molecule has 1 heterocycles. The normalized spacial score (nSPS) is 20.5. The number of aliphatic hydroxyl groups excluding tert-OH is 1. The molecule has 2 rings (SSSR count). The van der Waals surface area contributed by atoms with E-state index in [9.17, 15) is 14.3 Å². The van der Waals surface area contributed by atoms with Gasteiger partial charge in [-0.2, -0.15) is 0 Å². The SMILES string of the molecule is O=C1NC(O)c2ccc(F)cc21. The molecular formula is C8H6FNO2. The fourth-order valence-electron chi connectivity index (χ4n) is 1.24. The monoisotopic (exact) mass is 167 g/mol. The Bertz CT molecular complexity index is 351. The highest BCUT2D eigenvalue weighted by Crippen LogP contribution is 2.23. The van der Waals surface area contributed by atoms with Crippen LogP contribution in [-0.2, 0) is 0 Å². The summed E-state index contributed by atoms with van der Waals surface area (Å²) in [5, 5.41) is 11.4. The second-order valence-electron chi connectivity index (χ2n) is 2.61. The molecule has 4 heteroatoms. The number of hydrogen-bond acceptors (Lipinski definition) is 2. The maximum Gasteiger partial charge on any atom is 0.254 e. The molecule has 0 aromatic heterocycles. The molecule has 1 amide bonds. The summed E-state index contributed by atoms with van der Waals surface area (Å²) >= 11 is 0. The lowest BCUT2D eigenvalue weighted by atomic mass is 10.1. The Morgan fingerprint density at radius 1 is 1.50 bits per heavy atom. The van der Waals surface area contributed by atoms with Gasteiger partial charge in [0.2, 0.25) is 0 Å². The van der Waals surface area contributed by atoms with E-state index >= 15 is 0 Å². The zero-order valence-corrected chi connectivity index (χ0v) is 6.04. The van der Waals surface area contributed by atoms with E-state index in [-0.39, 0.29) is 5.56 Å². The number of amides is 1. The van der Waals surface area contributed by atoms with Crippen molar-refractivity contribution >= 4 is 5.91 Å². The lowest BCUT2D eigenvalue weighted by Gasteiger charge is -2.00. The van der Waals surface area contributed by atoms with Crippen LogP contribution < -0.4 is 5.32 Å². The number of benzene rings is 1. The fraction of sp³-hybridized carbons (Fsp3) is 0.125. The van der Waals surface area contributed by atoms with Crippen LogP contribution in [0.3, 0.4) is 0 Å². The number of hydrogen-bond donors (Lipinski definition) is 2. The van der Waals surface area contributed by atoms with Gasteiger partial charge in [-0.3, -0.25) is 4.79 Å². The minimum Gasteiger partial charge on any atom is -0.369 e. The number of carbonyl (C=O) groups is 1. The molecule has 1 unspecified atom stereocenters. The van der Waals surface area contributed by atoms with Gasteiger partial charge in [-0.1, -0.05) is 6.07 Å². The highest BCUT2D eigenvalue weighted by atomic mass is 19.1. The Balaban J connectivity index is 2.60. The second-order valence-corrected chi connectivity index (χ2v) is 2.61. The van der Waals surface area contributed by atoms with Gasteiger partial charge in [0.1, 0.15) is 5.82 Å². The first-order valence-electron chi connectivity index (χ1n) is 3.47. The zero-order chi connectivity index (χ0) is 8.72. The topological polar surface area (TPSA) is 49.3 Å². The smallest absolute Gasteiger partial charge is 0.254 e. The summed E-state index contributed by atoms with van der Waals surface area (Å²) in [5.41, 5.74) is 0.643. The number of halogens is 1. The third-order valence-electron chi connectivity index (χ3n) is 1.82. The Labute approximate surface area is 67.8 Å². The molecule has 62 valence electrons. The Kier molecular flexibility index (Phi) is 1.38. The van der Waals surface area contributed by atoms with Crippen molar-refractivity contribution in [3.05, 3.63) is 35.1 Å². The molecule has 0 aliphatic carbocycles. The lowest BCUT2D eigenvalue weighted by molar-refractivity contribution is 0.0850. The summed E-state index contributed by atoms with van der Waals surface area (Å²) in [4.78, 5) is 11.0. The molecule has 1 aromatic rings. The van der Waals surface area contributed by atoms with Gasteiger partial charge in [0.05, 0.1) is 0 Å². The molecule has 0 radical (unpaired) electrons. The highest BCUT2D eigenvalue weighted by molar-refractivity contribution is 5.98. The van der Waals surface area contributed by atoms with Gasteiger partial charge >= 0.3 is 0 Å². The van der Waals surface area contributed by atoms with Gasteiger partial charge in [0.25, 0.3) is 5.91 Å². The van der Waals surface area contributed by atoms with Gasteiger partial charge in [0.15, 0.2) is 6.23 Å². The molecule has 1 aromatic carbocycles. The van der Waals surface area contributed by atoms with Crippen LogP contribution in [0, 0.1) is 5.82 Å². The molecule has 0 saturated heterocycles. The minimum absolute atomic E-state index is 0.211. The van der Waals surface area contributed by atoms with Gasteiger partial charge in [-0.15, -0.1) is 0 Å². The van der Waals surface area contributed by atoms with Crippen LogP contribution in [0.15, 0.2) is 18.2 Å². The molecule has 1 atom stereocenters. The molecule has 0 fully saturated rings. The maximum atomic E-state index is 12.6. The molecule has 2 N–H and O–H groups in total. The van der Waals surface area contributed by atoms with Crippen LogP contribution in [0.4, 0.5) is 4.39 Å². The third-order valence-corrected chi connectivity index (χ3v) is 1.82. The van der Waals surface area contributed by atoms with E-state index in [2.05, 4.69) is 5.32 Å². The summed E-state index contributed by atoms with van der Waals surface area (Å²) < 4.78 is 12.6. The third kappa shape index (κ3) is 0.887. The van der Waals surface area contributed by atoms with Gasteiger partial charge in [-0.25, -0.2) is 4.39 Å². The van der Waals surface area contributed by atoms with E-state index in [0.29, 0.717) is 5.56 Å². The highest BCUT2D eigenvalue weighted by Gasteiger charge is 2.26. The number of carbonyl (C=O) groups excluding carboxylic acids is 1. The largest absolute Gasteiger partial charge is 0.369 e. The molecule has 3 nitrogen and oxygen atoms in total. The maximum absolute atomic E-state index is 12.6. The first kappa shape index (κ1) is 7.24. The first-order chi connectivity index (χ1) is 5.68. The Hall–Kier alpha value is -1.42. The Morgan fingerprint density at radius 2 is 2.25 bits per heavy atom. The summed E-state index contributed by atoms with van der Waals surface area (Å²) in [7, 11) is 0. The minimum atomic E-state index is -0.992. The summed E-state index contributed by atoms with van der Waals surface area (Å²) in [6.07, 6.45) is -0.992. The van der Waals surface area contributed by atoms with Gasteiger partial charge < -0.3 is 10.4 Å². The van der Waals surface area contributed by atoms with Crippen LogP contribution >= 0.6 is 0 Å². The van der Waals surface area contributed by atoms with Crippen molar-refractivity contribution in [3.63, 3.8) is 0 Å². The van der Waals surface area contributed by atoms with E-state index in [1.54, 1.807) is 0 Å². The van der Waals surface area contributed by atoms with Crippen molar-refractivity contribution < 1.29 is 14.3 Å². The van der Waals surface area contributed by atoms with Crippen molar-refractivity contribution in [1.82, 2.24) is 5.32 Å². The van der Waals surface area contributed by atoms with Crippen molar-refractivity contribution in [2.75, 3.05) is 0 Å². The predicted octanol–water partition coefficient (Wildman–Crippen LogP) is 0.560. The molecule has 1 aliphatic heterocycles. The van der Waals surface area contributed by atoms with Gasteiger partial charge in [-0.05, 0) is 12.1 Å². The molecule has 0 bridgehead atoms. The van der Waals surface area contributed by atoms with Crippen molar-refractivity contribution in [2.45, 2.75) is 6.23 Å². The molecular weight excluding hydrogens is 161 g/mol. The quantitative estimate of drug-likeness (QED) is 0.593. The molecule has 12 heavy (non-hydrogen) atoms. The molecule has 0 saturated carbocycles. The number of nitrogens with one attached hydrogen (secondary N) is 1. The van der Waals surface area contributed by atoms with Crippen LogP contribution in [0.2, 0.25) is 0 Å². The molecule has 0 spiro atoms. The average Bonchev–Trinajstić information content (AvgIpc) is 2.28. The van der Waals surface area contributed by atoms with E-state index in [4.69, 9.17) is 0 Å². The van der Waals surface area contributed by atoms with E-state index in [0.717, 1.165) is 6.07 Å². The summed E-state index contributed by atoms with van der Waals surface area (Å²) in [6.45, 7) is 0. The van der Waals surface area contributed by atoms with E-state index in [1.807, 2.05) is 0 Å². The number of rotatable bonds is 0. The predicted molar refractivity (Wildman–Crippen MR) is 38.8 cm³/mol. The number of fused-ring (bicyclic) bond motifs is 1. The van der Waals surface area contributed by atoms with E-state index < -0.39 is 18.0 Å². The summed E-state index contributed by atoms with van der Waals surface area (Å²) in [5.74, 6) is -0.907. The molecule has 1 aliphatic rings. The van der Waals surface area contributed by atoms with Crippen molar-refractivity contribution in [2.24, 2.45) is 0 Å². The standard InChI is InChI=1S/C8H6FNO2/c9-4-1-2-5-6(3-4)8(12)10-7(5)11/h1-3,7,11H,(H,10,12). The van der Waals surface area contributed by atoms with Crippen molar-refractivity contribution in [1.29, 1.82) is 0 Å². The zero-order valence-electron chi connectivity index (χ0n) is 6.04. The summed E-state index contributed by atoms with van der Waals surface area (Å²) in [6, 6.07) is 3.72. The second kappa shape index (κ2) is 2.28. The fourth-order valence-corrected chi connectivity index (χ4v) is 1.24. The lowest BCUT2D eigenvalue weighted by Crippen LogP contribution is -2.18. The Morgan fingerprint density at radius 3 is 3.00 bits per heavy atom. The van der Waals surface area contributed by atoms with Gasteiger partial charge in [0, 0.05) is 11.1 Å². The van der Waals surface area contributed by atoms with Crippen LogP contribution in [-0.4, -0.2) is 11.0 Å². The number of aliphatic hydroxyl groups is 1. The van der Waals surface area contributed by atoms with Crippen LogP contribution in [0.5, 0.6) is 0 Å².